The molecule has 0 bridgehead atoms. The molecule has 0 heterocycles. The minimum atomic E-state index is -4.71. The molecule has 0 atom stereocenters. The Labute approximate surface area is 164 Å². The summed E-state index contributed by atoms with van der Waals surface area (Å²) in [6, 6.07) is 10.9. The van der Waals surface area contributed by atoms with E-state index in [1.54, 1.807) is 24.3 Å². The summed E-state index contributed by atoms with van der Waals surface area (Å²) in [5.41, 5.74) is 0.871. The highest BCUT2D eigenvalue weighted by Crippen LogP contribution is 2.20. The number of rotatable bonds is 7. The number of carbonyl (C=O) groups excluding carboxylic acids is 2. The number of ether oxygens (including phenoxy) is 1. The highest BCUT2D eigenvalue weighted by atomic mass is 35.5. The summed E-state index contributed by atoms with van der Waals surface area (Å²) in [5, 5.41) is 2.90. The van der Waals surface area contributed by atoms with Crippen molar-refractivity contribution in [1.29, 1.82) is 0 Å². The number of anilines is 1. The van der Waals surface area contributed by atoms with Gasteiger partial charge in [0.1, 0.15) is 0 Å². The lowest BCUT2D eigenvalue weighted by atomic mass is 10.2. The van der Waals surface area contributed by atoms with Gasteiger partial charge in [-0.15, -0.1) is 0 Å². The van der Waals surface area contributed by atoms with Crippen LogP contribution in [0.15, 0.2) is 59.5 Å². The first kappa shape index (κ1) is 21.5. The van der Waals surface area contributed by atoms with E-state index in [1.165, 1.54) is 6.08 Å². The van der Waals surface area contributed by atoms with E-state index in [0.29, 0.717) is 10.6 Å². The monoisotopic (exact) mass is 429 g/mol. The second-order valence-electron chi connectivity index (χ2n) is 5.37. The molecule has 2 aromatic carbocycles. The third-order valence-corrected chi connectivity index (χ3v) is 4.98. The van der Waals surface area contributed by atoms with Crippen molar-refractivity contribution in [2.45, 2.75) is 10.7 Å². The molecule has 28 heavy (non-hydrogen) atoms. The number of hydrogen-bond donors (Lipinski definition) is 1. The number of esters is 1. The van der Waals surface area contributed by atoms with Gasteiger partial charge in [0.25, 0.3) is 5.91 Å². The topological polar surface area (TPSA) is 89.5 Å². The molecule has 6 nitrogen and oxygen atoms in total. The highest BCUT2D eigenvalue weighted by molar-refractivity contribution is 7.91. The summed E-state index contributed by atoms with van der Waals surface area (Å²) in [7, 11) is -4.71. The number of amides is 1. The summed E-state index contributed by atoms with van der Waals surface area (Å²) in [5.74, 6) is -4.96. The van der Waals surface area contributed by atoms with Gasteiger partial charge >= 0.3 is 11.7 Å². The minimum Gasteiger partial charge on any atom is -0.452 e. The summed E-state index contributed by atoms with van der Waals surface area (Å²) in [6.45, 7) is -0.582. The van der Waals surface area contributed by atoms with Gasteiger partial charge in [-0.05, 0) is 48.0 Å². The number of alkyl halides is 2. The van der Waals surface area contributed by atoms with Crippen molar-refractivity contribution in [2.24, 2.45) is 0 Å². The third-order valence-electron chi connectivity index (χ3n) is 3.33. The molecule has 0 aromatic heterocycles. The van der Waals surface area contributed by atoms with Gasteiger partial charge in [-0.2, -0.15) is 8.78 Å². The summed E-state index contributed by atoms with van der Waals surface area (Å²) >= 11 is 5.75. The van der Waals surface area contributed by atoms with Gasteiger partial charge in [-0.1, -0.05) is 23.7 Å². The van der Waals surface area contributed by atoms with Crippen molar-refractivity contribution < 1.29 is 31.5 Å². The first-order valence-electron chi connectivity index (χ1n) is 7.71. The average molecular weight is 430 g/mol. The Morgan fingerprint density at radius 2 is 1.68 bits per heavy atom. The molecule has 0 radical (unpaired) electrons. The van der Waals surface area contributed by atoms with Crippen LogP contribution < -0.4 is 5.32 Å². The first-order chi connectivity index (χ1) is 13.2. The lowest BCUT2D eigenvalue weighted by Crippen LogP contribution is -2.20. The molecule has 0 fully saturated rings. The number of benzene rings is 2. The van der Waals surface area contributed by atoms with Crippen molar-refractivity contribution >= 4 is 45.1 Å². The first-order valence-corrected chi connectivity index (χ1v) is 9.63. The van der Waals surface area contributed by atoms with E-state index in [1.807, 2.05) is 0 Å². The standard InChI is InChI=1S/C18H14ClF2NO5S/c19-13-4-1-12(2-5-13)3-10-17(24)27-11-16(23)22-14-6-8-15(9-7-14)28(25,26)18(20)21/h1-10,18H,11H2,(H,22,23)/b10-3+. The average Bonchev–Trinajstić information content (AvgIpc) is 2.66. The van der Waals surface area contributed by atoms with Crippen LogP contribution in [0.1, 0.15) is 5.56 Å². The van der Waals surface area contributed by atoms with E-state index in [2.05, 4.69) is 5.32 Å². The van der Waals surface area contributed by atoms with Gasteiger partial charge in [0.05, 0.1) is 4.90 Å². The molecule has 148 valence electrons. The van der Waals surface area contributed by atoms with Crippen LogP contribution in [0.2, 0.25) is 5.02 Å². The maximum absolute atomic E-state index is 12.5. The molecule has 10 heteroatoms. The van der Waals surface area contributed by atoms with E-state index in [9.17, 15) is 26.8 Å². The Morgan fingerprint density at radius 1 is 1.07 bits per heavy atom. The fraction of sp³-hybridized carbons (Fsp3) is 0.111. The van der Waals surface area contributed by atoms with Crippen LogP contribution >= 0.6 is 11.6 Å². The van der Waals surface area contributed by atoms with Crippen LogP contribution in [0, 0.1) is 0 Å². The third kappa shape index (κ3) is 6.14. The van der Waals surface area contributed by atoms with Gasteiger partial charge in [0.15, 0.2) is 6.61 Å². The van der Waals surface area contributed by atoms with Crippen molar-refractivity contribution in [3.63, 3.8) is 0 Å². The second-order valence-corrected chi connectivity index (χ2v) is 7.73. The molecule has 1 amide bonds. The van der Waals surface area contributed by atoms with Crippen LogP contribution in [0.4, 0.5) is 14.5 Å². The molecule has 0 aliphatic rings. The van der Waals surface area contributed by atoms with E-state index < -0.39 is 39.0 Å². The molecular weight excluding hydrogens is 416 g/mol. The highest BCUT2D eigenvalue weighted by Gasteiger charge is 2.26. The van der Waals surface area contributed by atoms with Gasteiger partial charge in [-0.3, -0.25) is 4.79 Å². The zero-order valence-corrected chi connectivity index (χ0v) is 15.7. The smallest absolute Gasteiger partial charge is 0.341 e. The molecule has 0 saturated carbocycles. The number of sulfone groups is 1. The number of hydrogen-bond acceptors (Lipinski definition) is 5. The quantitative estimate of drug-likeness (QED) is 0.537. The zero-order chi connectivity index (χ0) is 20.7. The van der Waals surface area contributed by atoms with Crippen molar-refractivity contribution in [2.75, 3.05) is 11.9 Å². The maximum atomic E-state index is 12.5. The Balaban J connectivity index is 1.85. The Morgan fingerprint density at radius 3 is 2.25 bits per heavy atom. The molecule has 1 N–H and O–H groups in total. The number of nitrogens with one attached hydrogen (secondary N) is 1. The largest absolute Gasteiger partial charge is 0.452 e. The van der Waals surface area contributed by atoms with Crippen LogP contribution in [-0.2, 0) is 24.2 Å². The number of halogens is 3. The number of carbonyl (C=O) groups is 2. The summed E-state index contributed by atoms with van der Waals surface area (Å²) in [6.07, 6.45) is 2.62. The molecular formula is C18H14ClF2NO5S. The fourth-order valence-electron chi connectivity index (χ4n) is 1.95. The Bertz CT molecular complexity index is 974. The molecule has 0 spiro atoms. The van der Waals surface area contributed by atoms with E-state index in [4.69, 9.17) is 16.3 Å². The van der Waals surface area contributed by atoms with Gasteiger partial charge in [0.2, 0.25) is 9.84 Å². The van der Waals surface area contributed by atoms with Crippen LogP contribution in [-0.4, -0.2) is 32.7 Å². The van der Waals surface area contributed by atoms with E-state index >= 15 is 0 Å². The van der Waals surface area contributed by atoms with E-state index in [-0.39, 0.29) is 5.69 Å². The predicted molar refractivity (Wildman–Crippen MR) is 99.7 cm³/mol. The molecule has 0 saturated heterocycles. The molecule has 0 aliphatic heterocycles. The fourth-order valence-corrected chi connectivity index (χ4v) is 2.80. The van der Waals surface area contributed by atoms with Crippen LogP contribution in [0.3, 0.4) is 0 Å². The van der Waals surface area contributed by atoms with Crippen molar-refractivity contribution in [3.05, 3.63) is 65.2 Å². The molecule has 0 unspecified atom stereocenters. The van der Waals surface area contributed by atoms with Gasteiger partial charge < -0.3 is 10.1 Å². The molecule has 2 aromatic rings. The van der Waals surface area contributed by atoms with Crippen molar-refractivity contribution in [1.82, 2.24) is 0 Å². The molecule has 0 aliphatic carbocycles. The Kier molecular flexibility index (Phi) is 7.24. The van der Waals surface area contributed by atoms with E-state index in [0.717, 1.165) is 30.3 Å². The van der Waals surface area contributed by atoms with Crippen molar-refractivity contribution in [3.8, 4) is 0 Å². The van der Waals surface area contributed by atoms with Gasteiger partial charge in [-0.25, -0.2) is 13.2 Å². The van der Waals surface area contributed by atoms with Crippen LogP contribution in [0.5, 0.6) is 0 Å². The second kappa shape index (κ2) is 9.43. The van der Waals surface area contributed by atoms with Crippen LogP contribution in [0.25, 0.3) is 6.08 Å². The Hall–Kier alpha value is -2.78. The predicted octanol–water partition coefficient (Wildman–Crippen LogP) is 3.53. The SMILES string of the molecule is O=C(COC(=O)/C=C/c1ccc(Cl)cc1)Nc1ccc(S(=O)(=O)C(F)F)cc1. The normalized spacial score (nSPS) is 11.6. The minimum absolute atomic E-state index is 0.158. The maximum Gasteiger partial charge on any atom is 0.341 e. The lowest BCUT2D eigenvalue weighted by Gasteiger charge is -2.07. The van der Waals surface area contributed by atoms with Gasteiger partial charge in [0, 0.05) is 16.8 Å². The lowest BCUT2D eigenvalue weighted by molar-refractivity contribution is -0.142. The zero-order valence-electron chi connectivity index (χ0n) is 14.1. The summed E-state index contributed by atoms with van der Waals surface area (Å²) in [4.78, 5) is 22.8. The molecule has 2 rings (SSSR count). The summed E-state index contributed by atoms with van der Waals surface area (Å²) < 4.78 is 52.3.